The molecule has 11 nitrogen and oxygen atoms in total. The Kier molecular flexibility index (Phi) is 7.49. The van der Waals surface area contributed by atoms with Gasteiger partial charge in [-0.15, -0.1) is 0 Å². The Morgan fingerprint density at radius 2 is 1.44 bits per heavy atom. The molecule has 1 unspecified atom stereocenters. The Bertz CT molecular complexity index is 1000. The van der Waals surface area contributed by atoms with E-state index in [1.54, 1.807) is 0 Å². The molecule has 2 fully saturated rings. The van der Waals surface area contributed by atoms with E-state index in [9.17, 15) is 56.4 Å². The van der Waals surface area contributed by atoms with E-state index < -0.39 is 85.7 Å². The van der Waals surface area contributed by atoms with Crippen LogP contribution in [0.2, 0.25) is 0 Å². The van der Waals surface area contributed by atoms with Gasteiger partial charge in [0.25, 0.3) is 10.0 Å². The number of piperazine rings is 1. The minimum atomic E-state index is -7.24. The van der Waals surface area contributed by atoms with Crippen LogP contribution in [0.25, 0.3) is 0 Å². The molecular weight excluding hydrogens is 771 g/mol. The van der Waals surface area contributed by atoms with Crippen LogP contribution in [0.5, 0.6) is 0 Å². The molecule has 1 atom stereocenters. The third-order valence-electron chi connectivity index (χ3n) is 4.48. The summed E-state index contributed by atoms with van der Waals surface area (Å²) in [5.74, 6) is -7.81. The average molecular weight is 784 g/mol. The number of carbonyl (C=O) groups is 1. The standard InChI is InChI=1S/C11H13F6N2O9S3.Fm/c12-9(13,11(16,17)31(25,26)28-29(21)22)10(14,15)30(23,24)19-4-2-18(3-5-19)7-1-6-27-8(7)20;/h7H,1-6H2;/q-1;. The van der Waals surface area contributed by atoms with E-state index in [2.05, 4.69) is 8.37 Å². The summed E-state index contributed by atoms with van der Waals surface area (Å²) < 4.78 is 157. The van der Waals surface area contributed by atoms with Crippen LogP contribution in [0.4, 0.5) is 26.3 Å². The number of nitrogens with zero attached hydrogens (tertiary/aromatic N) is 2. The molecule has 0 radical (unpaired) electrons. The number of alkyl halides is 6. The summed E-state index contributed by atoms with van der Waals surface area (Å²) in [6.07, 6.45) is 0.199. The van der Waals surface area contributed by atoms with Crippen LogP contribution in [0.3, 0.4) is 0 Å². The van der Waals surface area contributed by atoms with Crippen molar-refractivity contribution < 1.29 is 64.8 Å². The molecular formula is C11H13F6FmN2O9S3-. The van der Waals surface area contributed by atoms with Gasteiger partial charge in [0.15, 0.2) is 0 Å². The van der Waals surface area contributed by atoms with Crippen molar-refractivity contribution in [3.8, 4) is 0 Å². The van der Waals surface area contributed by atoms with Crippen molar-refractivity contribution in [3.63, 3.8) is 0 Å². The van der Waals surface area contributed by atoms with Gasteiger partial charge in [0.05, 0.1) is 17.6 Å². The minimum absolute atomic E-state index is 0. The molecule has 0 N–H and O–H groups in total. The second-order valence-electron chi connectivity index (χ2n) is 6.25. The van der Waals surface area contributed by atoms with E-state index >= 15 is 0 Å². The van der Waals surface area contributed by atoms with Gasteiger partial charge in [0.2, 0.25) is 0 Å². The fourth-order valence-corrected chi connectivity index (χ4v) is 5.69. The summed E-state index contributed by atoms with van der Waals surface area (Å²) in [4.78, 5) is 12.8. The minimum Gasteiger partial charge on any atom is -0.464 e. The van der Waals surface area contributed by atoms with Gasteiger partial charge in [0.1, 0.15) is 6.04 Å². The number of hydrogen-bond acceptors (Lipinski definition) is 11. The second-order valence-corrected chi connectivity index (χ2v) is 10.6. The summed E-state index contributed by atoms with van der Waals surface area (Å²) in [5.41, 5.74) is 0. The van der Waals surface area contributed by atoms with Gasteiger partial charge in [0, 0.05) is 32.6 Å². The largest absolute Gasteiger partial charge is 0.464 e. The van der Waals surface area contributed by atoms with Crippen molar-refractivity contribution in [2.45, 2.75) is 28.9 Å². The van der Waals surface area contributed by atoms with E-state index in [0.717, 1.165) is 0 Å². The molecule has 2 rings (SSSR count). The average Bonchev–Trinajstić information content (AvgIpc) is 3.06. The topological polar surface area (TPSA) is 144 Å². The Balaban J connectivity index is 0.00000512. The normalized spacial score (nSPS) is 22.6. The van der Waals surface area contributed by atoms with Crippen molar-refractivity contribution in [1.29, 1.82) is 0 Å². The SMILES string of the molecule is O=C1OCCC1N1CCN(S(=O)(=O)C(F)(F)C(F)(F)C(F)(F)S(=O)(=O)O[S-](=O)=O)CC1.[Fm]. The molecule has 21 heteroatoms. The summed E-state index contributed by atoms with van der Waals surface area (Å²) in [6.45, 7) is -2.64. The zero-order chi connectivity index (χ0) is 24.0. The van der Waals surface area contributed by atoms with E-state index in [-0.39, 0.29) is 17.3 Å². The molecule has 0 aliphatic carbocycles. The first-order chi connectivity index (χ1) is 13.9. The third kappa shape index (κ3) is 4.21. The van der Waals surface area contributed by atoms with Gasteiger partial charge in [-0.05, 0) is 0 Å². The van der Waals surface area contributed by atoms with Crippen LogP contribution >= 0.6 is 0 Å². The molecule has 0 aromatic rings. The van der Waals surface area contributed by atoms with Crippen LogP contribution < -0.4 is 0 Å². The summed E-state index contributed by atoms with van der Waals surface area (Å²) in [6, 6.07) is -0.827. The molecule has 0 saturated carbocycles. The number of halogens is 6. The van der Waals surface area contributed by atoms with Crippen LogP contribution in [0.15, 0.2) is 0 Å². The first-order valence-corrected chi connectivity index (χ1v) is 11.8. The van der Waals surface area contributed by atoms with E-state index in [1.807, 2.05) is 0 Å². The molecule has 194 valence electrons. The number of rotatable bonds is 8. The zero-order valence-corrected chi connectivity index (χ0v) is 20.0. The van der Waals surface area contributed by atoms with Gasteiger partial charge in [-0.1, -0.05) is 0 Å². The molecule has 2 heterocycles. The van der Waals surface area contributed by atoms with Crippen LogP contribution in [0.1, 0.15) is 6.42 Å². The summed E-state index contributed by atoms with van der Waals surface area (Å²) >= 11 is 0. The van der Waals surface area contributed by atoms with E-state index in [0.29, 0.717) is 0 Å². The number of ether oxygens (including phenoxy) is 1. The van der Waals surface area contributed by atoms with E-state index in [1.165, 1.54) is 4.90 Å². The Hall–Kier alpha value is -2.22. The van der Waals surface area contributed by atoms with Crippen molar-refractivity contribution in [2.75, 3.05) is 32.8 Å². The second kappa shape index (κ2) is 8.61. The van der Waals surface area contributed by atoms with E-state index in [4.69, 9.17) is 0 Å². The fraction of sp³-hybridized carbons (Fsp3) is 0.909. The quantitative estimate of drug-likeness (QED) is 0.182. The number of sulfonamides is 1. The number of hydrogen-bond donors (Lipinski definition) is 0. The van der Waals surface area contributed by atoms with Crippen molar-refractivity contribution in [1.82, 2.24) is 9.21 Å². The van der Waals surface area contributed by atoms with Crippen molar-refractivity contribution in [3.05, 3.63) is 0 Å². The fourth-order valence-electron chi connectivity index (χ4n) is 2.84. The zero-order valence-electron chi connectivity index (χ0n) is 15.2. The van der Waals surface area contributed by atoms with Gasteiger partial charge in [-0.25, -0.2) is 8.42 Å². The summed E-state index contributed by atoms with van der Waals surface area (Å²) in [5, 5.41) is -13.6. The maximum atomic E-state index is 14.2. The molecule has 0 aromatic heterocycles. The molecule has 0 bridgehead atoms. The smallest absolute Gasteiger partial charge is 0.437 e. The first kappa shape index (κ1) is 27.8. The number of carbonyl (C=O) groups excluding carboxylic acids is 1. The van der Waals surface area contributed by atoms with Crippen LogP contribution in [-0.4, -0.2) is 87.3 Å². The first-order valence-electron chi connectivity index (χ1n) is 7.98. The number of esters is 1. The Morgan fingerprint density at radius 1 is 0.938 bits per heavy atom. The molecule has 0 spiro atoms. The molecule has 0 amide bonds. The predicted octanol–water partition coefficient (Wildman–Crippen LogP) is -0.359. The molecule has 0 aromatic carbocycles. The number of cyclic esters (lactones) is 1. The maximum absolute atomic E-state index is 14.2. The third-order valence-corrected chi connectivity index (χ3v) is 8.47. The van der Waals surface area contributed by atoms with Crippen molar-refractivity contribution >= 4 is 37.1 Å². The Morgan fingerprint density at radius 3 is 1.84 bits per heavy atom. The van der Waals surface area contributed by atoms with Crippen molar-refractivity contribution in [2.24, 2.45) is 0 Å². The Labute approximate surface area is 173 Å². The van der Waals surface area contributed by atoms with Gasteiger partial charge < -0.3 is 16.8 Å². The predicted molar refractivity (Wildman–Crippen MR) is 85.0 cm³/mol. The molecule has 2 saturated heterocycles. The molecule has 2 aliphatic rings. The van der Waals surface area contributed by atoms with Crippen LogP contribution in [0, 0.1) is 0 Å². The van der Waals surface area contributed by atoms with Gasteiger partial charge >= 0.3 is 32.5 Å². The van der Waals surface area contributed by atoms with Gasteiger partial charge in [-0.2, -0.15) is 39.1 Å². The maximum Gasteiger partial charge on any atom is 0.437 e. The molecule has 2 aliphatic heterocycles. The molecule has 32 heavy (non-hydrogen) atoms. The monoisotopic (exact) mass is 784 g/mol. The summed E-state index contributed by atoms with van der Waals surface area (Å²) in [7, 11) is -18.2. The van der Waals surface area contributed by atoms with Crippen LogP contribution in [-0.2, 0) is 52.7 Å². The van der Waals surface area contributed by atoms with Gasteiger partial charge in [-0.3, -0.25) is 9.69 Å².